The van der Waals surface area contributed by atoms with Crippen LogP contribution < -0.4 is 5.32 Å². The molecule has 3 aromatic carbocycles. The van der Waals surface area contributed by atoms with Crippen molar-refractivity contribution in [2.45, 2.75) is 50.6 Å². The highest BCUT2D eigenvalue weighted by Crippen LogP contribution is 2.68. The summed E-state index contributed by atoms with van der Waals surface area (Å²) in [5.74, 6) is -7.88. The Bertz CT molecular complexity index is 2440. The van der Waals surface area contributed by atoms with Crippen molar-refractivity contribution in [1.82, 2.24) is 29.9 Å². The van der Waals surface area contributed by atoms with Gasteiger partial charge in [0.15, 0.2) is 0 Å². The van der Waals surface area contributed by atoms with E-state index in [1.54, 1.807) is 55.1 Å². The Morgan fingerprint density at radius 1 is 0.962 bits per heavy atom. The lowest BCUT2D eigenvalue weighted by Gasteiger charge is -2.23. The van der Waals surface area contributed by atoms with Crippen molar-refractivity contribution in [2.24, 2.45) is 13.0 Å². The number of carbonyl (C=O) groups excluding carboxylic acids is 1. The minimum atomic E-state index is -3.44. The number of hydrogen-bond donors (Lipinski definition) is 1. The summed E-state index contributed by atoms with van der Waals surface area (Å²) < 4.78 is 90.0. The Balaban J connectivity index is 1.27. The number of nitrogens with zero attached hydrogens (tertiary/aromatic N) is 5. The van der Waals surface area contributed by atoms with E-state index in [0.717, 1.165) is 12.1 Å². The average molecular weight is 770 g/mol. The molecular formula is C38H28Cl2F6N6O. The Morgan fingerprint density at radius 2 is 1.70 bits per heavy atom. The quantitative estimate of drug-likeness (QED) is 0.149. The van der Waals surface area contributed by atoms with Crippen LogP contribution in [0, 0.1) is 24.5 Å². The van der Waals surface area contributed by atoms with Gasteiger partial charge in [0, 0.05) is 63.5 Å². The lowest BCUT2D eigenvalue weighted by Crippen LogP contribution is -2.35. The molecule has 272 valence electrons. The van der Waals surface area contributed by atoms with E-state index in [2.05, 4.69) is 15.5 Å². The first kappa shape index (κ1) is 35.2. The number of rotatable bonds is 9. The van der Waals surface area contributed by atoms with Crippen LogP contribution in [0.3, 0.4) is 0 Å². The monoisotopic (exact) mass is 768 g/mol. The SMILES string of the molecule is Cc1nn(C)c2c(-c3cc(-c4ccccc4Cl)cnc3[C@H](Cc3cc(F)cc(F)c3)NC(=O)Cn3nc(C(F)F)c4c3C(F)(F)[C@@H]3C[C@H]43)ccc(Cl)c12. The lowest BCUT2D eigenvalue weighted by atomic mass is 9.92. The minimum absolute atomic E-state index is 0.0661. The Kier molecular flexibility index (Phi) is 8.56. The summed E-state index contributed by atoms with van der Waals surface area (Å²) in [4.78, 5) is 18.7. The molecule has 0 bridgehead atoms. The molecule has 0 saturated heterocycles. The second-order valence-corrected chi connectivity index (χ2v) is 14.3. The molecule has 0 spiro atoms. The molecule has 2 aliphatic rings. The van der Waals surface area contributed by atoms with E-state index in [9.17, 15) is 22.4 Å². The molecule has 7 nitrogen and oxygen atoms in total. The van der Waals surface area contributed by atoms with Gasteiger partial charge in [0.1, 0.15) is 29.6 Å². The van der Waals surface area contributed by atoms with E-state index in [4.69, 9.17) is 28.2 Å². The zero-order chi connectivity index (χ0) is 37.5. The lowest BCUT2D eigenvalue weighted by molar-refractivity contribution is -0.123. The number of fused-ring (bicyclic) bond motifs is 4. The van der Waals surface area contributed by atoms with Crippen LogP contribution in [0.5, 0.6) is 0 Å². The smallest absolute Gasteiger partial charge is 0.293 e. The van der Waals surface area contributed by atoms with Crippen molar-refractivity contribution in [3.63, 3.8) is 0 Å². The molecule has 3 aromatic heterocycles. The molecule has 3 atom stereocenters. The maximum absolute atomic E-state index is 15.3. The van der Waals surface area contributed by atoms with E-state index in [-0.39, 0.29) is 29.7 Å². The van der Waals surface area contributed by atoms with Crippen LogP contribution in [0.15, 0.2) is 66.9 Å². The third kappa shape index (κ3) is 6.03. The molecule has 15 heteroatoms. The first-order valence-electron chi connectivity index (χ1n) is 16.6. The van der Waals surface area contributed by atoms with Gasteiger partial charge in [-0.3, -0.25) is 19.1 Å². The normalized spacial score (nSPS) is 17.6. The predicted molar refractivity (Wildman–Crippen MR) is 187 cm³/mol. The second-order valence-electron chi connectivity index (χ2n) is 13.4. The summed E-state index contributed by atoms with van der Waals surface area (Å²) in [5.41, 5.74) is 2.34. The summed E-state index contributed by atoms with van der Waals surface area (Å²) in [6.07, 6.45) is -1.72. The molecule has 6 aromatic rings. The van der Waals surface area contributed by atoms with Gasteiger partial charge in [-0.2, -0.15) is 19.0 Å². The molecule has 0 unspecified atom stereocenters. The number of alkyl halides is 4. The van der Waals surface area contributed by atoms with E-state index >= 15 is 8.78 Å². The van der Waals surface area contributed by atoms with Crippen molar-refractivity contribution < 1.29 is 31.1 Å². The topological polar surface area (TPSA) is 77.6 Å². The molecule has 2 aliphatic carbocycles. The molecule has 8 rings (SSSR count). The second kappa shape index (κ2) is 12.9. The highest BCUT2D eigenvalue weighted by molar-refractivity contribution is 6.36. The zero-order valence-electron chi connectivity index (χ0n) is 27.9. The molecule has 0 aliphatic heterocycles. The maximum atomic E-state index is 15.3. The van der Waals surface area contributed by atoms with Crippen LogP contribution in [-0.2, 0) is 30.7 Å². The molecule has 1 fully saturated rings. The van der Waals surface area contributed by atoms with Crippen molar-refractivity contribution in [3.05, 3.63) is 122 Å². The predicted octanol–water partition coefficient (Wildman–Crippen LogP) is 9.64. The summed E-state index contributed by atoms with van der Waals surface area (Å²) >= 11 is 13.2. The van der Waals surface area contributed by atoms with Crippen LogP contribution in [0.25, 0.3) is 33.2 Å². The van der Waals surface area contributed by atoms with E-state index < -0.39 is 65.7 Å². The Labute approximate surface area is 308 Å². The molecule has 0 radical (unpaired) electrons. The van der Waals surface area contributed by atoms with Gasteiger partial charge in [-0.15, -0.1) is 0 Å². The summed E-state index contributed by atoms with van der Waals surface area (Å²) in [6, 6.07) is 14.1. The van der Waals surface area contributed by atoms with Crippen molar-refractivity contribution >= 4 is 40.0 Å². The van der Waals surface area contributed by atoms with E-state index in [1.807, 2.05) is 6.07 Å². The van der Waals surface area contributed by atoms with E-state index in [1.165, 1.54) is 6.20 Å². The van der Waals surface area contributed by atoms with Crippen molar-refractivity contribution in [1.29, 1.82) is 0 Å². The molecule has 1 N–H and O–H groups in total. The summed E-state index contributed by atoms with van der Waals surface area (Å²) in [5, 5.41) is 12.7. The Hall–Kier alpha value is -4.88. The van der Waals surface area contributed by atoms with Gasteiger partial charge in [-0.1, -0.05) is 47.5 Å². The first-order valence-corrected chi connectivity index (χ1v) is 17.4. The van der Waals surface area contributed by atoms with Gasteiger partial charge >= 0.3 is 0 Å². The fraction of sp³-hybridized carbons (Fsp3) is 0.263. The van der Waals surface area contributed by atoms with Crippen molar-refractivity contribution in [3.8, 4) is 22.3 Å². The van der Waals surface area contributed by atoms with Gasteiger partial charge in [0.25, 0.3) is 12.3 Å². The average Bonchev–Trinajstić information content (AvgIpc) is 3.65. The fourth-order valence-electron chi connectivity index (χ4n) is 7.73. The fourth-order valence-corrected chi connectivity index (χ4v) is 8.27. The van der Waals surface area contributed by atoms with Gasteiger partial charge in [-0.05, 0) is 61.6 Å². The molecule has 53 heavy (non-hydrogen) atoms. The van der Waals surface area contributed by atoms with Crippen LogP contribution in [-0.4, -0.2) is 30.5 Å². The highest BCUT2D eigenvalue weighted by atomic mass is 35.5. The van der Waals surface area contributed by atoms with Crippen LogP contribution >= 0.6 is 23.2 Å². The standard InChI is InChI=1S/C38H28Cl2F6N6O/c1-17-31-28(40)8-7-23(35(31)51(2)49-17)24-12-19(22-5-3-4-6-27(22)39)15-47-33(24)29(11-18-9-20(41)13-21(42)10-18)48-30(53)16-52-36-32(34(50-52)37(43)44)25-14-26(25)38(36,45)46/h3-10,12-13,15,25-26,29,37H,11,14,16H2,1-2H3,(H,48,53)/t25-,26+,29-/m0/s1. The molecular weight excluding hydrogens is 741 g/mol. The summed E-state index contributed by atoms with van der Waals surface area (Å²) in [7, 11) is 1.74. The van der Waals surface area contributed by atoms with Crippen molar-refractivity contribution in [2.75, 3.05) is 0 Å². The zero-order valence-corrected chi connectivity index (χ0v) is 29.5. The van der Waals surface area contributed by atoms with Crippen LogP contribution in [0.2, 0.25) is 10.0 Å². The molecule has 3 heterocycles. The third-order valence-corrected chi connectivity index (χ3v) is 10.6. The number of amides is 1. The number of nitrogens with one attached hydrogen (secondary N) is 1. The number of halogens is 8. The highest BCUT2D eigenvalue weighted by Gasteiger charge is 2.67. The maximum Gasteiger partial charge on any atom is 0.293 e. The first-order chi connectivity index (χ1) is 25.2. The van der Waals surface area contributed by atoms with Gasteiger partial charge in [0.2, 0.25) is 5.91 Å². The van der Waals surface area contributed by atoms with Gasteiger partial charge in [-0.25, -0.2) is 17.6 Å². The molecule has 1 saturated carbocycles. The number of carbonyl (C=O) groups is 1. The van der Waals surface area contributed by atoms with E-state index in [0.29, 0.717) is 59.6 Å². The van der Waals surface area contributed by atoms with Gasteiger partial charge in [0.05, 0.1) is 28.0 Å². The number of aromatic nitrogens is 5. The number of benzene rings is 3. The summed E-state index contributed by atoms with van der Waals surface area (Å²) in [6.45, 7) is 0.981. The molecule has 1 amide bonds. The third-order valence-electron chi connectivity index (χ3n) is 9.99. The van der Waals surface area contributed by atoms with Crippen LogP contribution in [0.1, 0.15) is 58.7 Å². The van der Waals surface area contributed by atoms with Crippen LogP contribution in [0.4, 0.5) is 26.3 Å². The number of aryl methyl sites for hydroxylation is 2. The number of pyridine rings is 1. The minimum Gasteiger partial charge on any atom is -0.346 e. The largest absolute Gasteiger partial charge is 0.346 e. The Morgan fingerprint density at radius 3 is 2.42 bits per heavy atom. The number of hydrogen-bond acceptors (Lipinski definition) is 4. The van der Waals surface area contributed by atoms with Gasteiger partial charge < -0.3 is 5.32 Å².